The summed E-state index contributed by atoms with van der Waals surface area (Å²) in [6.45, 7) is 7.47. The minimum atomic E-state index is -1.79. The van der Waals surface area contributed by atoms with Crippen LogP contribution in [0.25, 0.3) is 0 Å². The van der Waals surface area contributed by atoms with Crippen LogP contribution in [-0.2, 0) is 23.8 Å². The predicted octanol–water partition coefficient (Wildman–Crippen LogP) is 1.05. The van der Waals surface area contributed by atoms with Crippen LogP contribution in [0.2, 0.25) is 0 Å². The van der Waals surface area contributed by atoms with E-state index in [1.807, 2.05) is 6.92 Å². The van der Waals surface area contributed by atoms with Crippen molar-refractivity contribution in [2.24, 2.45) is 0 Å². The Bertz CT molecular complexity index is 377. The van der Waals surface area contributed by atoms with E-state index in [1.165, 1.54) is 0 Å². The lowest BCUT2D eigenvalue weighted by Gasteiger charge is -2.03. The molecule has 0 aliphatic carbocycles. The van der Waals surface area contributed by atoms with Gasteiger partial charge in [-0.15, -0.1) is 0 Å². The second kappa shape index (κ2) is 32.8. The molecule has 0 heterocycles. The van der Waals surface area contributed by atoms with Gasteiger partial charge in [-0.05, 0) is 58.3 Å². The van der Waals surface area contributed by atoms with Gasteiger partial charge in [0.2, 0.25) is 0 Å². The van der Waals surface area contributed by atoms with Crippen LogP contribution in [0.5, 0.6) is 0 Å². The first kappa shape index (κ1) is 36.2. The summed E-state index contributed by atoms with van der Waals surface area (Å²) < 4.78 is 15.8. The van der Waals surface area contributed by atoms with Crippen LogP contribution in [-0.4, -0.2) is 108 Å². The molecule has 0 aliphatic heterocycles. The van der Waals surface area contributed by atoms with E-state index in [-0.39, 0.29) is 19.8 Å². The van der Waals surface area contributed by atoms with Crippen molar-refractivity contribution in [1.82, 2.24) is 0 Å². The van der Waals surface area contributed by atoms with Crippen LogP contribution < -0.4 is 0 Å². The molecule has 0 rings (SSSR count). The Morgan fingerprint density at radius 2 is 0.970 bits per heavy atom. The Morgan fingerprint density at radius 1 is 0.636 bits per heavy atom. The summed E-state index contributed by atoms with van der Waals surface area (Å²) in [5, 5.41) is 49.5. The van der Waals surface area contributed by atoms with E-state index in [0.717, 1.165) is 91.0 Å². The highest BCUT2D eigenvalue weighted by Crippen LogP contribution is 1.94. The number of unbranched alkanes of at least 4 members (excludes halogenated alkanes) is 4. The molecule has 0 radical (unpaired) electrons. The highest BCUT2D eigenvalue weighted by Gasteiger charge is 2.16. The van der Waals surface area contributed by atoms with Crippen molar-refractivity contribution in [1.29, 1.82) is 0 Å². The van der Waals surface area contributed by atoms with Crippen LogP contribution in [0.3, 0.4) is 0 Å². The molecule has 0 aromatic heterocycles. The highest BCUT2D eigenvalue weighted by atomic mass is 16.5. The minimum Gasteiger partial charge on any atom is -0.481 e. The molecule has 0 aromatic carbocycles. The molecule has 0 fully saturated rings. The van der Waals surface area contributed by atoms with Gasteiger partial charge in [0.15, 0.2) is 6.10 Å². The third-order valence-electron chi connectivity index (χ3n) is 3.77. The normalized spacial score (nSPS) is 11.1. The zero-order valence-corrected chi connectivity index (χ0v) is 20.0. The summed E-state index contributed by atoms with van der Waals surface area (Å²) in [6, 6.07) is 0. The topological polar surface area (TPSA) is 183 Å². The average molecular weight is 487 g/mol. The molecule has 0 bridgehead atoms. The van der Waals surface area contributed by atoms with Gasteiger partial charge in [0.1, 0.15) is 0 Å². The maximum Gasteiger partial charge on any atom is 0.333 e. The second-order valence-corrected chi connectivity index (χ2v) is 6.87. The fraction of sp³-hybridized carbons (Fsp3) is 0.909. The number of rotatable bonds is 21. The smallest absolute Gasteiger partial charge is 0.333 e. The largest absolute Gasteiger partial charge is 0.481 e. The molecule has 1 unspecified atom stereocenters. The zero-order chi connectivity index (χ0) is 25.6. The van der Waals surface area contributed by atoms with Gasteiger partial charge in [0, 0.05) is 59.5 Å². The number of hydrogen-bond donors (Lipinski definition) is 6. The number of aliphatic hydroxyl groups excluding tert-OH is 4. The van der Waals surface area contributed by atoms with Crippen LogP contribution in [0, 0.1) is 0 Å². The number of ether oxygens (including phenoxy) is 3. The van der Waals surface area contributed by atoms with Crippen molar-refractivity contribution in [3.63, 3.8) is 0 Å². The van der Waals surface area contributed by atoms with E-state index in [2.05, 4.69) is 0 Å². The Balaban J connectivity index is -0.000000416. The molecule has 200 valence electrons. The second-order valence-electron chi connectivity index (χ2n) is 6.87. The number of aliphatic hydroxyl groups is 4. The van der Waals surface area contributed by atoms with Gasteiger partial charge in [-0.25, -0.2) is 4.79 Å². The standard InChI is InChI=1S/C10H22O3.C8H18O3.C4H6O5/c1-2-12-8-5-6-10-13-9-4-3-7-11;9-5-1-3-7-11-8-4-2-6-10;5-2(4(8)9)1-3(6)7/h11H,2-10H2,1H3;9-10H,1-8H2;2,5H,1H2,(H,6,7)(H,8,9). The molecule has 33 heavy (non-hydrogen) atoms. The summed E-state index contributed by atoms with van der Waals surface area (Å²) in [4.78, 5) is 19.4. The van der Waals surface area contributed by atoms with Crippen LogP contribution in [0.1, 0.15) is 64.7 Å². The highest BCUT2D eigenvalue weighted by molar-refractivity contribution is 5.79. The van der Waals surface area contributed by atoms with Crippen molar-refractivity contribution in [3.8, 4) is 0 Å². The van der Waals surface area contributed by atoms with E-state index >= 15 is 0 Å². The molecule has 0 saturated carbocycles. The Kier molecular flexibility index (Phi) is 36.1. The van der Waals surface area contributed by atoms with Crippen LogP contribution >= 0.6 is 0 Å². The molecule has 1 atom stereocenters. The fourth-order valence-corrected chi connectivity index (χ4v) is 1.96. The van der Waals surface area contributed by atoms with Gasteiger partial charge in [-0.2, -0.15) is 0 Å². The third-order valence-corrected chi connectivity index (χ3v) is 3.77. The molecular weight excluding hydrogens is 440 g/mol. The van der Waals surface area contributed by atoms with E-state index in [1.54, 1.807) is 0 Å². The summed E-state index contributed by atoms with van der Waals surface area (Å²) in [7, 11) is 0. The lowest BCUT2D eigenvalue weighted by molar-refractivity contribution is -0.152. The first-order chi connectivity index (χ1) is 15.9. The third kappa shape index (κ3) is 41.4. The number of hydrogen-bond acceptors (Lipinski definition) is 9. The molecule has 11 heteroatoms. The Labute approximate surface area is 197 Å². The maximum atomic E-state index is 9.72. The lowest BCUT2D eigenvalue weighted by atomic mass is 10.3. The minimum absolute atomic E-state index is 0.250. The first-order valence-electron chi connectivity index (χ1n) is 11.6. The molecule has 11 nitrogen and oxygen atoms in total. The Morgan fingerprint density at radius 3 is 1.21 bits per heavy atom. The average Bonchev–Trinajstić information content (AvgIpc) is 2.78. The Hall–Kier alpha value is -1.34. The van der Waals surface area contributed by atoms with Gasteiger partial charge in [-0.1, -0.05) is 0 Å². The van der Waals surface area contributed by atoms with Gasteiger partial charge >= 0.3 is 11.9 Å². The summed E-state index contributed by atoms with van der Waals surface area (Å²) in [5.41, 5.74) is 0. The van der Waals surface area contributed by atoms with Gasteiger partial charge in [0.25, 0.3) is 0 Å². The first-order valence-corrected chi connectivity index (χ1v) is 11.6. The van der Waals surface area contributed by atoms with Crippen molar-refractivity contribution in [3.05, 3.63) is 0 Å². The van der Waals surface area contributed by atoms with Crippen LogP contribution in [0.4, 0.5) is 0 Å². The number of aliphatic carboxylic acids is 2. The molecular formula is C22H46O11. The summed E-state index contributed by atoms with van der Waals surface area (Å²) >= 11 is 0. The fourth-order valence-electron chi connectivity index (χ4n) is 1.96. The molecule has 0 saturated heterocycles. The van der Waals surface area contributed by atoms with Crippen LogP contribution in [0.15, 0.2) is 0 Å². The van der Waals surface area contributed by atoms with E-state index in [4.69, 9.17) is 44.8 Å². The number of carboxylic acid groups (broad SMARTS) is 2. The number of carboxylic acids is 2. The summed E-state index contributed by atoms with van der Waals surface area (Å²) in [5.74, 6) is -2.85. The van der Waals surface area contributed by atoms with Gasteiger partial charge in [0.05, 0.1) is 6.42 Å². The van der Waals surface area contributed by atoms with Crippen molar-refractivity contribution in [2.45, 2.75) is 70.8 Å². The molecule has 0 spiro atoms. The van der Waals surface area contributed by atoms with E-state index < -0.39 is 24.5 Å². The summed E-state index contributed by atoms with van der Waals surface area (Å²) in [6.07, 6.45) is 4.90. The van der Waals surface area contributed by atoms with Crippen molar-refractivity contribution < 1.29 is 54.4 Å². The van der Waals surface area contributed by atoms with Gasteiger partial charge < -0.3 is 44.8 Å². The molecule has 0 amide bonds. The SMILES string of the molecule is CCOCCCCOCCCCO.O=C(O)CC(O)C(=O)O.OCCCCOCCCCO. The molecule has 0 aliphatic rings. The van der Waals surface area contributed by atoms with Crippen molar-refractivity contribution in [2.75, 3.05) is 59.5 Å². The zero-order valence-electron chi connectivity index (χ0n) is 20.0. The lowest BCUT2D eigenvalue weighted by Crippen LogP contribution is -2.22. The quantitative estimate of drug-likeness (QED) is 0.127. The monoisotopic (exact) mass is 486 g/mol. The predicted molar refractivity (Wildman–Crippen MR) is 122 cm³/mol. The van der Waals surface area contributed by atoms with E-state index in [9.17, 15) is 9.59 Å². The molecule has 0 aromatic rings. The van der Waals surface area contributed by atoms with E-state index in [0.29, 0.717) is 0 Å². The van der Waals surface area contributed by atoms with Gasteiger partial charge in [-0.3, -0.25) is 4.79 Å². The molecule has 6 N–H and O–H groups in total. The number of carbonyl (C=O) groups is 2. The maximum absolute atomic E-state index is 9.72. The van der Waals surface area contributed by atoms with Crippen molar-refractivity contribution >= 4 is 11.9 Å².